The van der Waals surface area contributed by atoms with E-state index < -0.39 is 5.60 Å². The van der Waals surface area contributed by atoms with Gasteiger partial charge in [0.05, 0.1) is 5.56 Å². The highest BCUT2D eigenvalue weighted by Crippen LogP contribution is 2.42. The highest BCUT2D eigenvalue weighted by Gasteiger charge is 2.42. The molecule has 0 aliphatic carbocycles. The van der Waals surface area contributed by atoms with Gasteiger partial charge in [0.15, 0.2) is 5.78 Å². The summed E-state index contributed by atoms with van der Waals surface area (Å²) in [6.07, 6.45) is 2.50. The molecule has 1 saturated heterocycles. The minimum atomic E-state index is -1.02. The number of carbonyl (C=O) groups is 1. The lowest BCUT2D eigenvalue weighted by atomic mass is 9.71. The van der Waals surface area contributed by atoms with E-state index in [0.717, 1.165) is 50.0 Å². The summed E-state index contributed by atoms with van der Waals surface area (Å²) in [5.41, 5.74) is 1.06. The smallest absolute Gasteiger partial charge is 0.170 e. The monoisotopic (exact) mass is 485 g/mol. The van der Waals surface area contributed by atoms with E-state index in [0.29, 0.717) is 5.56 Å². The fraction of sp³-hybridized carbons (Fsp3) is 0.406. The van der Waals surface area contributed by atoms with E-state index in [1.165, 1.54) is 0 Å². The number of rotatable bonds is 8. The molecule has 3 aromatic rings. The van der Waals surface area contributed by atoms with Crippen LogP contribution < -0.4 is 0 Å². The third kappa shape index (κ3) is 5.55. The predicted molar refractivity (Wildman–Crippen MR) is 145 cm³/mol. The number of para-hydroxylation sites is 1. The second kappa shape index (κ2) is 11.0. The lowest BCUT2D eigenvalue weighted by Gasteiger charge is -2.43. The molecule has 0 aromatic heterocycles. The fourth-order valence-corrected chi connectivity index (χ4v) is 5.74. The Morgan fingerprint density at radius 1 is 0.861 bits per heavy atom. The maximum Gasteiger partial charge on any atom is 0.170 e. The minimum Gasteiger partial charge on any atom is -0.507 e. The van der Waals surface area contributed by atoms with Crippen LogP contribution >= 0.6 is 0 Å². The van der Waals surface area contributed by atoms with Crippen molar-refractivity contribution in [2.75, 3.05) is 19.6 Å². The number of aromatic hydroxyl groups is 1. The second-order valence-electron chi connectivity index (χ2n) is 11.2. The molecule has 190 valence electrons. The minimum absolute atomic E-state index is 0.0121. The number of hydrogen-bond acceptors (Lipinski definition) is 4. The van der Waals surface area contributed by atoms with Gasteiger partial charge in [0.25, 0.3) is 0 Å². The lowest BCUT2D eigenvalue weighted by molar-refractivity contribution is -0.0151. The number of phenols is 1. The van der Waals surface area contributed by atoms with E-state index in [4.69, 9.17) is 0 Å². The fourth-order valence-electron chi connectivity index (χ4n) is 5.74. The molecule has 1 heterocycles. The van der Waals surface area contributed by atoms with Crippen molar-refractivity contribution in [1.82, 2.24) is 4.90 Å². The summed E-state index contributed by atoms with van der Waals surface area (Å²) in [4.78, 5) is 15.8. The van der Waals surface area contributed by atoms with Gasteiger partial charge >= 0.3 is 0 Å². The lowest BCUT2D eigenvalue weighted by Crippen LogP contribution is -2.45. The Hall–Kier alpha value is -2.95. The number of piperidine rings is 1. The summed E-state index contributed by atoms with van der Waals surface area (Å²) in [5.74, 6) is -0.00866. The molecule has 0 bridgehead atoms. The molecule has 1 aliphatic rings. The zero-order valence-electron chi connectivity index (χ0n) is 21.7. The Balaban J connectivity index is 1.45. The third-order valence-electron chi connectivity index (χ3n) is 7.87. The van der Waals surface area contributed by atoms with Crippen molar-refractivity contribution in [3.05, 3.63) is 102 Å². The van der Waals surface area contributed by atoms with Crippen molar-refractivity contribution in [3.8, 4) is 5.75 Å². The molecule has 0 amide bonds. The summed E-state index contributed by atoms with van der Waals surface area (Å²) >= 11 is 0. The van der Waals surface area contributed by atoms with E-state index in [1.807, 2.05) is 60.7 Å². The van der Waals surface area contributed by atoms with E-state index in [9.17, 15) is 15.0 Å². The SMILES string of the molecule is CC(C)(C)C(CCN1CCC(C(O)(c2ccccc2)c2ccccc2)CC1)C(=O)c1ccccc1O. The molecule has 1 atom stereocenters. The van der Waals surface area contributed by atoms with Gasteiger partial charge in [0.1, 0.15) is 11.4 Å². The van der Waals surface area contributed by atoms with Crippen LogP contribution in [0.15, 0.2) is 84.9 Å². The Kier molecular flexibility index (Phi) is 7.97. The summed E-state index contributed by atoms with van der Waals surface area (Å²) in [6, 6.07) is 26.9. The molecular weight excluding hydrogens is 446 g/mol. The largest absolute Gasteiger partial charge is 0.507 e. The van der Waals surface area contributed by atoms with Gasteiger partial charge in [-0.25, -0.2) is 0 Å². The average molecular weight is 486 g/mol. The third-order valence-corrected chi connectivity index (χ3v) is 7.87. The molecule has 4 rings (SSSR count). The Labute approximate surface area is 215 Å². The maximum absolute atomic E-state index is 13.4. The number of nitrogens with zero attached hydrogens (tertiary/aromatic N) is 1. The molecule has 0 saturated carbocycles. The van der Waals surface area contributed by atoms with Crippen LogP contribution in [0.25, 0.3) is 0 Å². The first-order valence-corrected chi connectivity index (χ1v) is 13.1. The van der Waals surface area contributed by atoms with Gasteiger partial charge in [-0.2, -0.15) is 0 Å². The number of phenolic OH excluding ortho intramolecular Hbond substituents is 1. The van der Waals surface area contributed by atoms with Gasteiger partial charge < -0.3 is 15.1 Å². The molecule has 1 unspecified atom stereocenters. The summed E-state index contributed by atoms with van der Waals surface area (Å²) in [6.45, 7) is 8.89. The van der Waals surface area contributed by atoms with Gasteiger partial charge in [0, 0.05) is 5.92 Å². The van der Waals surface area contributed by atoms with Crippen LogP contribution in [0.3, 0.4) is 0 Å². The van der Waals surface area contributed by atoms with Crippen molar-refractivity contribution in [2.45, 2.75) is 45.6 Å². The quantitative estimate of drug-likeness (QED) is 0.369. The first-order valence-electron chi connectivity index (χ1n) is 13.1. The second-order valence-corrected chi connectivity index (χ2v) is 11.2. The van der Waals surface area contributed by atoms with Crippen molar-refractivity contribution in [3.63, 3.8) is 0 Å². The molecule has 0 radical (unpaired) electrons. The van der Waals surface area contributed by atoms with Crippen LogP contribution in [0.4, 0.5) is 0 Å². The van der Waals surface area contributed by atoms with Crippen LogP contribution in [-0.4, -0.2) is 40.5 Å². The molecule has 0 spiro atoms. The van der Waals surface area contributed by atoms with Crippen LogP contribution in [0.2, 0.25) is 0 Å². The van der Waals surface area contributed by atoms with E-state index in [-0.39, 0.29) is 28.8 Å². The van der Waals surface area contributed by atoms with Gasteiger partial charge in [-0.15, -0.1) is 0 Å². The topological polar surface area (TPSA) is 60.8 Å². The van der Waals surface area contributed by atoms with Gasteiger partial charge in [-0.3, -0.25) is 4.79 Å². The van der Waals surface area contributed by atoms with Crippen LogP contribution in [-0.2, 0) is 5.60 Å². The van der Waals surface area contributed by atoms with Crippen LogP contribution in [0.5, 0.6) is 5.75 Å². The molecule has 3 aromatic carbocycles. The van der Waals surface area contributed by atoms with Crippen molar-refractivity contribution in [1.29, 1.82) is 0 Å². The number of aliphatic hydroxyl groups is 1. The van der Waals surface area contributed by atoms with Crippen molar-refractivity contribution < 1.29 is 15.0 Å². The zero-order chi connectivity index (χ0) is 25.8. The van der Waals surface area contributed by atoms with Crippen molar-refractivity contribution >= 4 is 5.78 Å². The summed E-state index contributed by atoms with van der Waals surface area (Å²) < 4.78 is 0. The van der Waals surface area contributed by atoms with E-state index in [1.54, 1.807) is 24.3 Å². The first kappa shape index (κ1) is 26.1. The van der Waals surface area contributed by atoms with E-state index in [2.05, 4.69) is 25.7 Å². The van der Waals surface area contributed by atoms with Crippen molar-refractivity contribution in [2.24, 2.45) is 17.3 Å². The first-order chi connectivity index (χ1) is 17.2. The predicted octanol–water partition coefficient (Wildman–Crippen LogP) is 6.28. The molecule has 36 heavy (non-hydrogen) atoms. The highest BCUT2D eigenvalue weighted by atomic mass is 16.3. The number of Topliss-reactive ketones (excluding diaryl/α,β-unsaturated/α-hetero) is 1. The van der Waals surface area contributed by atoms with Crippen LogP contribution in [0.1, 0.15) is 61.5 Å². The Bertz CT molecular complexity index is 1090. The number of likely N-dealkylation sites (tertiary alicyclic amines) is 1. The zero-order valence-corrected chi connectivity index (χ0v) is 21.7. The normalized spacial score (nSPS) is 16.6. The average Bonchev–Trinajstić information content (AvgIpc) is 2.89. The van der Waals surface area contributed by atoms with Gasteiger partial charge in [-0.1, -0.05) is 93.6 Å². The van der Waals surface area contributed by atoms with Gasteiger partial charge in [-0.05, 0) is 73.5 Å². The maximum atomic E-state index is 13.4. The summed E-state index contributed by atoms with van der Waals surface area (Å²) in [7, 11) is 0. The van der Waals surface area contributed by atoms with E-state index >= 15 is 0 Å². The molecule has 4 heteroatoms. The van der Waals surface area contributed by atoms with Crippen LogP contribution in [0, 0.1) is 17.3 Å². The molecule has 4 nitrogen and oxygen atoms in total. The standard InChI is InChI=1S/C32H39NO3/c1-31(2,3)28(30(35)27-16-10-11-17-29(27)34)20-23-33-21-18-26(19-22-33)32(36,24-12-6-4-7-13-24)25-14-8-5-9-15-25/h4-17,26,28,34,36H,18-23H2,1-3H3. The number of hydrogen-bond donors (Lipinski definition) is 2. The molecule has 2 N–H and O–H groups in total. The Morgan fingerprint density at radius 3 is 1.86 bits per heavy atom. The number of ketones is 1. The number of benzene rings is 3. The highest BCUT2D eigenvalue weighted by molar-refractivity contribution is 6.00. The molecular formula is C32H39NO3. The molecule has 1 fully saturated rings. The Morgan fingerprint density at radius 2 is 1.36 bits per heavy atom. The number of carbonyl (C=O) groups excluding carboxylic acids is 1. The molecule has 1 aliphatic heterocycles. The van der Waals surface area contributed by atoms with Gasteiger partial charge in [0.2, 0.25) is 0 Å². The summed E-state index contributed by atoms with van der Waals surface area (Å²) in [5, 5.41) is 22.4.